The normalized spacial score (nSPS) is 12.0. The van der Waals surface area contributed by atoms with E-state index in [0.717, 1.165) is 28.3 Å². The van der Waals surface area contributed by atoms with Crippen LogP contribution in [0.1, 0.15) is 18.1 Å². The quantitative estimate of drug-likeness (QED) is 0.357. The zero-order valence-electron chi connectivity index (χ0n) is 20.9. The second-order valence-corrected chi connectivity index (χ2v) is 11.3. The first-order valence-corrected chi connectivity index (χ1v) is 14.4. The molecule has 38 heavy (non-hydrogen) atoms. The molecule has 0 aromatic heterocycles. The molecule has 0 aliphatic heterocycles. The van der Waals surface area contributed by atoms with Crippen LogP contribution in [0.5, 0.6) is 0 Å². The van der Waals surface area contributed by atoms with Crippen molar-refractivity contribution >= 4 is 50.7 Å². The third-order valence-corrected chi connectivity index (χ3v) is 7.65. The van der Waals surface area contributed by atoms with E-state index in [9.17, 15) is 22.4 Å². The van der Waals surface area contributed by atoms with Gasteiger partial charge in [-0.25, -0.2) is 12.8 Å². The first-order valence-electron chi connectivity index (χ1n) is 11.8. The number of nitrogens with zero attached hydrogens (tertiary/aromatic N) is 2. The minimum absolute atomic E-state index is 0.107. The van der Waals surface area contributed by atoms with Gasteiger partial charge in [-0.2, -0.15) is 0 Å². The number of hydrogen-bond donors (Lipinski definition) is 1. The van der Waals surface area contributed by atoms with E-state index in [1.54, 1.807) is 25.1 Å². The van der Waals surface area contributed by atoms with Crippen LogP contribution in [0.3, 0.4) is 0 Å². The van der Waals surface area contributed by atoms with Gasteiger partial charge < -0.3 is 10.2 Å². The van der Waals surface area contributed by atoms with Crippen LogP contribution in [0.2, 0.25) is 10.0 Å². The van der Waals surface area contributed by atoms with Gasteiger partial charge in [-0.3, -0.25) is 13.9 Å². The third kappa shape index (κ3) is 7.69. The smallest absolute Gasteiger partial charge is 0.244 e. The van der Waals surface area contributed by atoms with Gasteiger partial charge in [0.15, 0.2) is 0 Å². The van der Waals surface area contributed by atoms with Crippen molar-refractivity contribution in [2.75, 3.05) is 23.7 Å². The largest absolute Gasteiger partial charge is 0.355 e. The molecule has 0 saturated carbocycles. The Kier molecular flexibility index (Phi) is 10.1. The van der Waals surface area contributed by atoms with Gasteiger partial charge in [-0.05, 0) is 48.9 Å². The average molecular weight is 581 g/mol. The summed E-state index contributed by atoms with van der Waals surface area (Å²) in [7, 11) is -3.95. The van der Waals surface area contributed by atoms with Crippen molar-refractivity contribution in [3.63, 3.8) is 0 Å². The first kappa shape index (κ1) is 29.4. The van der Waals surface area contributed by atoms with Crippen molar-refractivity contribution < 1.29 is 22.4 Å². The molecule has 0 fully saturated rings. The van der Waals surface area contributed by atoms with Crippen LogP contribution in [-0.4, -0.2) is 50.5 Å². The molecule has 3 aromatic rings. The van der Waals surface area contributed by atoms with Gasteiger partial charge in [0.25, 0.3) is 0 Å². The summed E-state index contributed by atoms with van der Waals surface area (Å²) in [6, 6.07) is 17.8. The Morgan fingerprint density at radius 2 is 1.55 bits per heavy atom. The SMILES string of the molecule is CCNC(=O)C(Cc1ccccc1)N(Cc1c(Cl)cccc1Cl)C(=O)CN(c1ccc(F)cc1)S(C)(=O)=O. The van der Waals surface area contributed by atoms with Crippen molar-refractivity contribution in [3.8, 4) is 0 Å². The number of sulfonamides is 1. The van der Waals surface area contributed by atoms with E-state index in [-0.39, 0.29) is 18.7 Å². The molecule has 0 spiro atoms. The molecular formula is C27H28Cl2FN3O4S. The van der Waals surface area contributed by atoms with Gasteiger partial charge in [-0.15, -0.1) is 0 Å². The predicted octanol–water partition coefficient (Wildman–Crippen LogP) is 4.67. The van der Waals surface area contributed by atoms with Crippen LogP contribution in [0.4, 0.5) is 10.1 Å². The number of likely N-dealkylation sites (N-methyl/N-ethyl adjacent to an activating group) is 1. The summed E-state index contributed by atoms with van der Waals surface area (Å²) in [6.07, 6.45) is 1.11. The van der Waals surface area contributed by atoms with Gasteiger partial charge in [-0.1, -0.05) is 59.6 Å². The highest BCUT2D eigenvalue weighted by molar-refractivity contribution is 7.92. The number of carbonyl (C=O) groups excluding carboxylic acids is 2. The monoisotopic (exact) mass is 579 g/mol. The Hall–Kier alpha value is -3.14. The zero-order chi connectivity index (χ0) is 27.9. The lowest BCUT2D eigenvalue weighted by Crippen LogP contribution is -2.53. The maximum Gasteiger partial charge on any atom is 0.244 e. The van der Waals surface area contributed by atoms with Crippen LogP contribution in [0, 0.1) is 5.82 Å². The van der Waals surface area contributed by atoms with Crippen molar-refractivity contribution in [1.29, 1.82) is 0 Å². The minimum Gasteiger partial charge on any atom is -0.355 e. The van der Waals surface area contributed by atoms with Crippen molar-refractivity contribution in [1.82, 2.24) is 10.2 Å². The molecule has 0 bridgehead atoms. The molecule has 202 valence electrons. The molecule has 11 heteroatoms. The molecular weight excluding hydrogens is 552 g/mol. The zero-order valence-corrected chi connectivity index (χ0v) is 23.2. The summed E-state index contributed by atoms with van der Waals surface area (Å²) >= 11 is 12.8. The number of anilines is 1. The van der Waals surface area contributed by atoms with E-state index >= 15 is 0 Å². The maximum absolute atomic E-state index is 13.9. The molecule has 0 aliphatic rings. The van der Waals surface area contributed by atoms with Gasteiger partial charge in [0, 0.05) is 35.1 Å². The number of nitrogens with one attached hydrogen (secondary N) is 1. The minimum atomic E-state index is -3.95. The summed E-state index contributed by atoms with van der Waals surface area (Å²) < 4.78 is 39.7. The van der Waals surface area contributed by atoms with E-state index in [0.29, 0.717) is 22.2 Å². The number of rotatable bonds is 11. The topological polar surface area (TPSA) is 86.8 Å². The lowest BCUT2D eigenvalue weighted by molar-refractivity contribution is -0.140. The van der Waals surface area contributed by atoms with Crippen LogP contribution in [0.15, 0.2) is 72.8 Å². The van der Waals surface area contributed by atoms with Crippen LogP contribution in [0.25, 0.3) is 0 Å². The lowest BCUT2D eigenvalue weighted by atomic mass is 10.0. The molecule has 1 N–H and O–H groups in total. The molecule has 3 aromatic carbocycles. The second-order valence-electron chi connectivity index (χ2n) is 8.57. The standard InChI is InChI=1S/C27H28Cl2FN3O4S/c1-3-31-27(35)25(16-19-8-5-4-6-9-19)32(17-22-23(28)10-7-11-24(22)29)26(34)18-33(38(2,36)37)21-14-12-20(30)13-15-21/h4-15,25H,3,16-18H2,1-2H3,(H,31,35). The molecule has 0 saturated heterocycles. The van der Waals surface area contributed by atoms with Gasteiger partial charge in [0.1, 0.15) is 18.4 Å². The van der Waals surface area contributed by atoms with Crippen LogP contribution >= 0.6 is 23.2 Å². The second kappa shape index (κ2) is 13.1. The van der Waals surface area contributed by atoms with E-state index in [2.05, 4.69) is 5.32 Å². The van der Waals surface area contributed by atoms with E-state index in [4.69, 9.17) is 23.2 Å². The Morgan fingerprint density at radius 1 is 0.947 bits per heavy atom. The first-order chi connectivity index (χ1) is 18.0. The predicted molar refractivity (Wildman–Crippen MR) is 148 cm³/mol. The van der Waals surface area contributed by atoms with Gasteiger partial charge >= 0.3 is 0 Å². The third-order valence-electron chi connectivity index (χ3n) is 5.81. The van der Waals surface area contributed by atoms with Crippen LogP contribution in [-0.2, 0) is 32.6 Å². The average Bonchev–Trinajstić information content (AvgIpc) is 2.87. The van der Waals surface area contributed by atoms with Crippen molar-refractivity contribution in [3.05, 3.63) is 99.8 Å². The molecule has 0 aliphatic carbocycles. The number of halogens is 3. The summed E-state index contributed by atoms with van der Waals surface area (Å²) in [5, 5.41) is 3.35. The van der Waals surface area contributed by atoms with Crippen molar-refractivity contribution in [2.45, 2.75) is 25.9 Å². The number of carbonyl (C=O) groups is 2. The summed E-state index contributed by atoms with van der Waals surface area (Å²) in [5.74, 6) is -1.63. The molecule has 1 atom stereocenters. The Labute approximate surface area is 232 Å². The van der Waals surface area contributed by atoms with E-state index in [1.165, 1.54) is 17.0 Å². The summed E-state index contributed by atoms with van der Waals surface area (Å²) in [5.41, 5.74) is 1.32. The summed E-state index contributed by atoms with van der Waals surface area (Å²) in [4.78, 5) is 28.5. The summed E-state index contributed by atoms with van der Waals surface area (Å²) in [6.45, 7) is 1.31. The van der Waals surface area contributed by atoms with Gasteiger partial charge in [0.05, 0.1) is 11.9 Å². The molecule has 3 rings (SSSR count). The molecule has 1 unspecified atom stereocenters. The highest BCUT2D eigenvalue weighted by Gasteiger charge is 2.33. The maximum atomic E-state index is 13.9. The fourth-order valence-electron chi connectivity index (χ4n) is 3.92. The molecule has 0 radical (unpaired) electrons. The Bertz CT molecular complexity index is 1350. The fraction of sp³-hybridized carbons (Fsp3) is 0.259. The Morgan fingerprint density at radius 3 is 2.11 bits per heavy atom. The highest BCUT2D eigenvalue weighted by Crippen LogP contribution is 2.28. The lowest BCUT2D eigenvalue weighted by Gasteiger charge is -2.33. The number of hydrogen-bond acceptors (Lipinski definition) is 4. The highest BCUT2D eigenvalue weighted by atomic mass is 35.5. The van der Waals surface area contributed by atoms with E-state index < -0.39 is 40.2 Å². The van der Waals surface area contributed by atoms with E-state index in [1.807, 2.05) is 30.3 Å². The molecule has 0 heterocycles. The Balaban J connectivity index is 2.08. The number of benzene rings is 3. The fourth-order valence-corrected chi connectivity index (χ4v) is 5.29. The number of amides is 2. The van der Waals surface area contributed by atoms with Gasteiger partial charge in [0.2, 0.25) is 21.8 Å². The molecule has 2 amide bonds. The molecule has 7 nitrogen and oxygen atoms in total. The van der Waals surface area contributed by atoms with Crippen LogP contribution < -0.4 is 9.62 Å². The van der Waals surface area contributed by atoms with Crippen molar-refractivity contribution in [2.24, 2.45) is 0 Å².